The molecule has 0 fully saturated rings. The Bertz CT molecular complexity index is 494. The molecule has 0 saturated carbocycles. The third-order valence-electron chi connectivity index (χ3n) is 2.25. The molecule has 19 heavy (non-hydrogen) atoms. The number of benzene rings is 1. The van der Waals surface area contributed by atoms with Crippen molar-refractivity contribution in [1.82, 2.24) is 5.32 Å². The van der Waals surface area contributed by atoms with Crippen molar-refractivity contribution in [3.05, 3.63) is 32.3 Å². The smallest absolute Gasteiger partial charge is 0.293 e. The Labute approximate surface area is 120 Å². The van der Waals surface area contributed by atoms with Crippen LogP contribution >= 0.6 is 23.2 Å². The molecule has 0 aliphatic rings. The summed E-state index contributed by atoms with van der Waals surface area (Å²) in [6.07, 6.45) is 0.818. The lowest BCUT2D eigenvalue weighted by Gasteiger charge is -2.08. The van der Waals surface area contributed by atoms with Crippen molar-refractivity contribution in [2.75, 3.05) is 18.4 Å². The fourth-order valence-corrected chi connectivity index (χ4v) is 1.65. The molecule has 1 aromatic rings. The first-order chi connectivity index (χ1) is 8.95. The fraction of sp³-hybridized carbons (Fsp3) is 0.364. The zero-order chi connectivity index (χ0) is 14.4. The highest BCUT2D eigenvalue weighted by molar-refractivity contribution is 6.42. The first-order valence-electron chi connectivity index (χ1n) is 5.59. The maximum Gasteiger partial charge on any atom is 0.293 e. The highest BCUT2D eigenvalue weighted by Crippen LogP contribution is 2.33. The Balaban J connectivity index is 2.79. The SMILES string of the molecule is CCCNC(=O)CNc1cc(Cl)c(Cl)cc1[N+](=O)[O-]. The highest BCUT2D eigenvalue weighted by Gasteiger charge is 2.17. The Hall–Kier alpha value is -1.53. The molecule has 0 spiro atoms. The molecule has 0 aliphatic carbocycles. The number of nitro groups is 1. The molecule has 1 amide bonds. The molecule has 1 aromatic carbocycles. The summed E-state index contributed by atoms with van der Waals surface area (Å²) in [6, 6.07) is 2.48. The molecular weight excluding hydrogens is 293 g/mol. The van der Waals surface area contributed by atoms with Gasteiger partial charge in [-0.25, -0.2) is 0 Å². The van der Waals surface area contributed by atoms with E-state index in [-0.39, 0.29) is 33.9 Å². The minimum absolute atomic E-state index is 0.0706. The van der Waals surface area contributed by atoms with Crippen LogP contribution in [0, 0.1) is 10.1 Å². The monoisotopic (exact) mass is 305 g/mol. The topological polar surface area (TPSA) is 84.3 Å². The van der Waals surface area contributed by atoms with Gasteiger partial charge in [0.15, 0.2) is 0 Å². The van der Waals surface area contributed by atoms with E-state index in [2.05, 4.69) is 10.6 Å². The number of hydrogen-bond acceptors (Lipinski definition) is 4. The average molecular weight is 306 g/mol. The van der Waals surface area contributed by atoms with Crippen LogP contribution in [0.5, 0.6) is 0 Å². The summed E-state index contributed by atoms with van der Waals surface area (Å²) in [6.45, 7) is 2.42. The largest absolute Gasteiger partial charge is 0.371 e. The fourth-order valence-electron chi connectivity index (χ4n) is 1.33. The molecule has 0 saturated heterocycles. The minimum atomic E-state index is -0.589. The Morgan fingerprint density at radius 2 is 2.00 bits per heavy atom. The lowest BCUT2D eigenvalue weighted by Crippen LogP contribution is -2.30. The zero-order valence-corrected chi connectivity index (χ0v) is 11.7. The van der Waals surface area contributed by atoms with Gasteiger partial charge in [0.1, 0.15) is 5.69 Å². The van der Waals surface area contributed by atoms with Gasteiger partial charge in [0.25, 0.3) is 5.69 Å². The van der Waals surface area contributed by atoms with Gasteiger partial charge in [-0.1, -0.05) is 30.1 Å². The number of halogens is 2. The Morgan fingerprint density at radius 3 is 2.58 bits per heavy atom. The van der Waals surface area contributed by atoms with E-state index in [1.165, 1.54) is 6.07 Å². The molecule has 8 heteroatoms. The zero-order valence-electron chi connectivity index (χ0n) is 10.2. The number of hydrogen-bond donors (Lipinski definition) is 2. The van der Waals surface area contributed by atoms with Crippen LogP contribution in [-0.4, -0.2) is 23.9 Å². The van der Waals surface area contributed by atoms with E-state index in [0.29, 0.717) is 6.54 Å². The summed E-state index contributed by atoms with van der Waals surface area (Å²) in [5, 5.41) is 16.5. The van der Waals surface area contributed by atoms with E-state index in [4.69, 9.17) is 23.2 Å². The van der Waals surface area contributed by atoms with Crippen molar-refractivity contribution in [1.29, 1.82) is 0 Å². The number of rotatable bonds is 6. The lowest BCUT2D eigenvalue weighted by molar-refractivity contribution is -0.383. The van der Waals surface area contributed by atoms with Crippen LogP contribution in [0.1, 0.15) is 13.3 Å². The normalized spacial score (nSPS) is 10.1. The van der Waals surface area contributed by atoms with Crippen LogP contribution in [0.2, 0.25) is 10.0 Å². The molecule has 0 heterocycles. The molecule has 2 N–H and O–H groups in total. The maximum absolute atomic E-state index is 11.4. The van der Waals surface area contributed by atoms with Gasteiger partial charge in [-0.15, -0.1) is 0 Å². The second-order valence-electron chi connectivity index (χ2n) is 3.74. The number of nitrogens with one attached hydrogen (secondary N) is 2. The first kappa shape index (κ1) is 15.5. The lowest BCUT2D eigenvalue weighted by atomic mass is 10.2. The van der Waals surface area contributed by atoms with E-state index in [0.717, 1.165) is 12.5 Å². The summed E-state index contributed by atoms with van der Waals surface area (Å²) in [7, 11) is 0. The summed E-state index contributed by atoms with van der Waals surface area (Å²) in [4.78, 5) is 21.7. The van der Waals surface area contributed by atoms with E-state index in [1.807, 2.05) is 6.92 Å². The maximum atomic E-state index is 11.4. The van der Waals surface area contributed by atoms with Crippen LogP contribution in [-0.2, 0) is 4.79 Å². The minimum Gasteiger partial charge on any atom is -0.371 e. The summed E-state index contributed by atoms with van der Waals surface area (Å²) < 4.78 is 0. The quantitative estimate of drug-likeness (QED) is 0.625. The van der Waals surface area contributed by atoms with Gasteiger partial charge in [0.2, 0.25) is 5.91 Å². The number of carbonyl (C=O) groups excluding carboxylic acids is 1. The van der Waals surface area contributed by atoms with E-state index in [1.54, 1.807) is 0 Å². The molecule has 0 unspecified atom stereocenters. The van der Waals surface area contributed by atoms with E-state index in [9.17, 15) is 14.9 Å². The van der Waals surface area contributed by atoms with Crippen molar-refractivity contribution in [3.63, 3.8) is 0 Å². The second kappa shape index (κ2) is 7.16. The number of nitro benzene ring substituents is 1. The highest BCUT2D eigenvalue weighted by atomic mass is 35.5. The summed E-state index contributed by atoms with van der Waals surface area (Å²) >= 11 is 11.5. The van der Waals surface area contributed by atoms with Crippen molar-refractivity contribution in [2.24, 2.45) is 0 Å². The summed E-state index contributed by atoms with van der Waals surface area (Å²) in [5.41, 5.74) is -0.0660. The van der Waals surface area contributed by atoms with Gasteiger partial charge in [0.05, 0.1) is 21.5 Å². The van der Waals surface area contributed by atoms with Crippen LogP contribution < -0.4 is 10.6 Å². The average Bonchev–Trinajstić information content (AvgIpc) is 2.36. The molecule has 104 valence electrons. The molecular formula is C11H13Cl2N3O3. The van der Waals surface area contributed by atoms with Crippen LogP contribution in [0.15, 0.2) is 12.1 Å². The number of anilines is 1. The third-order valence-corrected chi connectivity index (χ3v) is 2.97. The Kier molecular flexibility index (Phi) is 5.85. The van der Waals surface area contributed by atoms with Gasteiger partial charge in [0, 0.05) is 12.6 Å². The van der Waals surface area contributed by atoms with Gasteiger partial charge >= 0.3 is 0 Å². The van der Waals surface area contributed by atoms with Crippen molar-refractivity contribution >= 4 is 40.5 Å². The molecule has 0 atom stereocenters. The van der Waals surface area contributed by atoms with E-state index < -0.39 is 4.92 Å². The molecule has 1 rings (SSSR count). The molecule has 0 aromatic heterocycles. The molecule has 0 bridgehead atoms. The van der Waals surface area contributed by atoms with E-state index >= 15 is 0 Å². The number of amides is 1. The Morgan fingerprint density at radius 1 is 1.37 bits per heavy atom. The molecule has 6 nitrogen and oxygen atoms in total. The van der Waals surface area contributed by atoms with Crippen molar-refractivity contribution in [2.45, 2.75) is 13.3 Å². The number of carbonyl (C=O) groups is 1. The van der Waals surface area contributed by atoms with Crippen LogP contribution in [0.25, 0.3) is 0 Å². The third kappa shape index (κ3) is 4.57. The first-order valence-corrected chi connectivity index (χ1v) is 6.35. The predicted octanol–water partition coefficient (Wildman–Crippen LogP) is 2.84. The summed E-state index contributed by atoms with van der Waals surface area (Å²) in [5.74, 6) is -0.248. The van der Waals surface area contributed by atoms with Crippen molar-refractivity contribution < 1.29 is 9.72 Å². The standard InChI is InChI=1S/C11H13Cl2N3O3/c1-2-3-14-11(17)6-15-9-4-7(12)8(13)5-10(9)16(18)19/h4-5,15H,2-3,6H2,1H3,(H,14,17). The predicted molar refractivity (Wildman–Crippen MR) is 74.9 cm³/mol. The second-order valence-corrected chi connectivity index (χ2v) is 4.56. The molecule has 0 radical (unpaired) electrons. The van der Waals surface area contributed by atoms with Gasteiger partial charge in [-0.3, -0.25) is 14.9 Å². The van der Waals surface area contributed by atoms with Crippen molar-refractivity contribution in [3.8, 4) is 0 Å². The van der Waals surface area contributed by atoms with Crippen LogP contribution in [0.3, 0.4) is 0 Å². The molecule has 0 aliphatic heterocycles. The van der Waals surface area contributed by atoms with Gasteiger partial charge in [-0.2, -0.15) is 0 Å². The van der Waals surface area contributed by atoms with Crippen LogP contribution in [0.4, 0.5) is 11.4 Å². The number of nitrogens with zero attached hydrogens (tertiary/aromatic N) is 1. The van der Waals surface area contributed by atoms with Gasteiger partial charge in [-0.05, 0) is 12.5 Å². The van der Waals surface area contributed by atoms with Gasteiger partial charge < -0.3 is 10.6 Å².